The summed E-state index contributed by atoms with van der Waals surface area (Å²) in [7, 11) is 1.58. The van der Waals surface area contributed by atoms with Gasteiger partial charge in [-0.15, -0.1) is 0 Å². The zero-order valence-electron chi connectivity index (χ0n) is 8.44. The topological polar surface area (TPSA) is 50.9 Å². The fourth-order valence-corrected chi connectivity index (χ4v) is 1.36. The number of anilines is 1. The Morgan fingerprint density at radius 1 is 1.47 bits per heavy atom. The highest BCUT2D eigenvalue weighted by atomic mass is 19.4. The largest absolute Gasteiger partial charge is 0.433 e. The molecule has 0 fully saturated rings. The standard InChI is InChI=1S/C9H12F3N3/c1-5-3-7(13)15-8(9(10,11)12)6(5)4-14-2/h3,14H,4H2,1-2H3,(H2,13,15). The molecule has 0 saturated carbocycles. The van der Waals surface area contributed by atoms with Gasteiger partial charge < -0.3 is 11.1 Å². The van der Waals surface area contributed by atoms with Crippen LogP contribution in [0.1, 0.15) is 16.8 Å². The molecule has 0 bridgehead atoms. The molecule has 6 heteroatoms. The van der Waals surface area contributed by atoms with Gasteiger partial charge in [0.1, 0.15) is 5.82 Å². The molecule has 15 heavy (non-hydrogen) atoms. The summed E-state index contributed by atoms with van der Waals surface area (Å²) in [6.07, 6.45) is -4.47. The monoisotopic (exact) mass is 219 g/mol. The smallest absolute Gasteiger partial charge is 0.384 e. The minimum Gasteiger partial charge on any atom is -0.384 e. The number of rotatable bonds is 2. The van der Waals surface area contributed by atoms with Gasteiger partial charge in [-0.25, -0.2) is 4.98 Å². The van der Waals surface area contributed by atoms with E-state index in [-0.39, 0.29) is 17.9 Å². The van der Waals surface area contributed by atoms with Crippen LogP contribution in [0.2, 0.25) is 0 Å². The molecular formula is C9H12F3N3. The van der Waals surface area contributed by atoms with Crippen molar-refractivity contribution in [3.8, 4) is 0 Å². The van der Waals surface area contributed by atoms with Gasteiger partial charge in [0.15, 0.2) is 5.69 Å². The van der Waals surface area contributed by atoms with E-state index in [2.05, 4.69) is 10.3 Å². The number of hydrogen-bond acceptors (Lipinski definition) is 3. The number of nitrogen functional groups attached to an aromatic ring is 1. The van der Waals surface area contributed by atoms with Crippen LogP contribution in [0.5, 0.6) is 0 Å². The Balaban J connectivity index is 3.33. The van der Waals surface area contributed by atoms with Crippen LogP contribution < -0.4 is 11.1 Å². The van der Waals surface area contributed by atoms with Crippen molar-refractivity contribution in [1.82, 2.24) is 10.3 Å². The minimum atomic E-state index is -4.47. The molecule has 0 aromatic carbocycles. The predicted molar refractivity (Wildman–Crippen MR) is 51.2 cm³/mol. The van der Waals surface area contributed by atoms with E-state index in [1.165, 1.54) is 6.07 Å². The number of aromatic nitrogens is 1. The number of pyridine rings is 1. The Hall–Kier alpha value is -1.30. The Kier molecular flexibility index (Phi) is 3.18. The maximum absolute atomic E-state index is 12.6. The Morgan fingerprint density at radius 3 is 2.53 bits per heavy atom. The van der Waals surface area contributed by atoms with Crippen molar-refractivity contribution in [2.75, 3.05) is 12.8 Å². The van der Waals surface area contributed by atoms with Gasteiger partial charge in [-0.05, 0) is 31.2 Å². The van der Waals surface area contributed by atoms with E-state index in [9.17, 15) is 13.2 Å². The zero-order chi connectivity index (χ0) is 11.6. The molecule has 0 amide bonds. The first-order chi connectivity index (χ1) is 6.86. The molecule has 0 saturated heterocycles. The normalized spacial score (nSPS) is 11.8. The molecule has 3 nitrogen and oxygen atoms in total. The predicted octanol–water partition coefficient (Wildman–Crippen LogP) is 1.71. The summed E-state index contributed by atoms with van der Waals surface area (Å²) in [6.45, 7) is 1.70. The van der Waals surface area contributed by atoms with Gasteiger partial charge in [0, 0.05) is 6.54 Å². The second-order valence-electron chi connectivity index (χ2n) is 3.22. The molecule has 84 valence electrons. The number of nitrogens with one attached hydrogen (secondary N) is 1. The molecule has 0 aliphatic heterocycles. The average molecular weight is 219 g/mol. The van der Waals surface area contributed by atoms with Crippen molar-refractivity contribution in [3.63, 3.8) is 0 Å². The van der Waals surface area contributed by atoms with Gasteiger partial charge in [-0.1, -0.05) is 0 Å². The summed E-state index contributed by atoms with van der Waals surface area (Å²) < 4.78 is 37.8. The van der Waals surface area contributed by atoms with E-state index >= 15 is 0 Å². The van der Waals surface area contributed by atoms with Crippen molar-refractivity contribution in [3.05, 3.63) is 22.9 Å². The van der Waals surface area contributed by atoms with Crippen LogP contribution in [-0.2, 0) is 12.7 Å². The lowest BCUT2D eigenvalue weighted by molar-refractivity contribution is -0.141. The maximum atomic E-state index is 12.6. The number of alkyl halides is 3. The van der Waals surface area contributed by atoms with E-state index in [1.54, 1.807) is 14.0 Å². The third kappa shape index (κ3) is 2.59. The first-order valence-corrected chi connectivity index (χ1v) is 4.34. The zero-order valence-corrected chi connectivity index (χ0v) is 8.44. The van der Waals surface area contributed by atoms with Crippen LogP contribution >= 0.6 is 0 Å². The van der Waals surface area contributed by atoms with Gasteiger partial charge in [0.25, 0.3) is 0 Å². The Bertz CT molecular complexity index is 360. The molecule has 0 atom stereocenters. The van der Waals surface area contributed by atoms with Crippen molar-refractivity contribution in [2.45, 2.75) is 19.6 Å². The molecular weight excluding hydrogens is 207 g/mol. The van der Waals surface area contributed by atoms with Crippen LogP contribution in [-0.4, -0.2) is 12.0 Å². The SMILES string of the molecule is CNCc1c(C)cc(N)nc1C(F)(F)F. The third-order valence-electron chi connectivity index (χ3n) is 1.99. The highest BCUT2D eigenvalue weighted by molar-refractivity contribution is 5.41. The summed E-state index contributed by atoms with van der Waals surface area (Å²) >= 11 is 0. The number of aryl methyl sites for hydroxylation is 1. The van der Waals surface area contributed by atoms with Crippen LogP contribution in [0, 0.1) is 6.92 Å². The number of halogens is 3. The molecule has 1 heterocycles. The van der Waals surface area contributed by atoms with Gasteiger partial charge >= 0.3 is 6.18 Å². The lowest BCUT2D eigenvalue weighted by atomic mass is 10.1. The van der Waals surface area contributed by atoms with E-state index in [4.69, 9.17) is 5.73 Å². The molecule has 0 aliphatic rings. The van der Waals surface area contributed by atoms with Gasteiger partial charge in [-0.3, -0.25) is 0 Å². The van der Waals surface area contributed by atoms with Crippen LogP contribution in [0.15, 0.2) is 6.07 Å². The minimum absolute atomic E-state index is 0.111. The van der Waals surface area contributed by atoms with E-state index in [0.717, 1.165) is 0 Å². The molecule has 1 aromatic heterocycles. The van der Waals surface area contributed by atoms with Crippen LogP contribution in [0.3, 0.4) is 0 Å². The van der Waals surface area contributed by atoms with E-state index < -0.39 is 11.9 Å². The highest BCUT2D eigenvalue weighted by Crippen LogP contribution is 2.32. The van der Waals surface area contributed by atoms with Gasteiger partial charge in [0.05, 0.1) is 0 Å². The average Bonchev–Trinajstić information content (AvgIpc) is 2.07. The van der Waals surface area contributed by atoms with Crippen LogP contribution in [0.4, 0.5) is 19.0 Å². The van der Waals surface area contributed by atoms with Crippen LogP contribution in [0.25, 0.3) is 0 Å². The fraction of sp³-hybridized carbons (Fsp3) is 0.444. The number of hydrogen-bond donors (Lipinski definition) is 2. The number of nitrogens with zero attached hydrogens (tertiary/aromatic N) is 1. The Morgan fingerprint density at radius 2 is 2.07 bits per heavy atom. The lowest BCUT2D eigenvalue weighted by Gasteiger charge is -2.14. The maximum Gasteiger partial charge on any atom is 0.433 e. The first kappa shape index (κ1) is 11.8. The van der Waals surface area contributed by atoms with E-state index in [1.807, 2.05) is 0 Å². The molecule has 0 radical (unpaired) electrons. The first-order valence-electron chi connectivity index (χ1n) is 4.34. The van der Waals surface area contributed by atoms with E-state index in [0.29, 0.717) is 5.56 Å². The molecule has 1 aromatic rings. The lowest BCUT2D eigenvalue weighted by Crippen LogP contribution is -2.18. The Labute approximate surface area is 85.5 Å². The van der Waals surface area contributed by atoms with Gasteiger partial charge in [-0.2, -0.15) is 13.2 Å². The fourth-order valence-electron chi connectivity index (χ4n) is 1.36. The molecule has 3 N–H and O–H groups in total. The van der Waals surface area contributed by atoms with Crippen molar-refractivity contribution in [2.24, 2.45) is 0 Å². The van der Waals surface area contributed by atoms with Crippen molar-refractivity contribution >= 4 is 5.82 Å². The molecule has 0 unspecified atom stereocenters. The van der Waals surface area contributed by atoms with Gasteiger partial charge in [0.2, 0.25) is 0 Å². The summed E-state index contributed by atoms with van der Waals surface area (Å²) in [4.78, 5) is 3.34. The second kappa shape index (κ2) is 4.06. The molecule has 0 aliphatic carbocycles. The summed E-state index contributed by atoms with van der Waals surface area (Å²) in [5.74, 6) is -0.111. The molecule has 0 spiro atoms. The van der Waals surface area contributed by atoms with Crippen molar-refractivity contribution < 1.29 is 13.2 Å². The molecule has 1 rings (SSSR count). The highest BCUT2D eigenvalue weighted by Gasteiger charge is 2.36. The summed E-state index contributed by atoms with van der Waals surface area (Å²) in [5.41, 5.74) is 5.01. The summed E-state index contributed by atoms with van der Waals surface area (Å²) in [5, 5.41) is 2.68. The number of nitrogens with two attached hydrogens (primary N) is 1. The quantitative estimate of drug-likeness (QED) is 0.796. The third-order valence-corrected chi connectivity index (χ3v) is 1.99. The van der Waals surface area contributed by atoms with Crippen molar-refractivity contribution in [1.29, 1.82) is 0 Å². The second-order valence-corrected chi connectivity index (χ2v) is 3.22. The summed E-state index contributed by atoms with van der Waals surface area (Å²) in [6, 6.07) is 1.43.